The number of thioether (sulfide) groups is 1. The third-order valence-electron chi connectivity index (χ3n) is 6.54. The second kappa shape index (κ2) is 9.11. The van der Waals surface area contributed by atoms with Crippen LogP contribution in [0.3, 0.4) is 0 Å². The lowest BCUT2D eigenvalue weighted by Gasteiger charge is -2.46. The van der Waals surface area contributed by atoms with E-state index in [0.29, 0.717) is 39.9 Å². The first kappa shape index (κ1) is 22.8. The highest BCUT2D eigenvalue weighted by atomic mass is 32.2. The second-order valence-corrected chi connectivity index (χ2v) is 9.73. The Balaban J connectivity index is 1.35. The third-order valence-corrected chi connectivity index (χ3v) is 7.57. The Morgan fingerprint density at radius 1 is 1.14 bits per heavy atom. The SMILES string of the molecule is O=C(NC1=N[C@@]2(c3ccc(F)cc3F)CO[C@@H](c3nc4cnccc4o3)C[C@H]2CS1)c1ccccc1. The highest BCUT2D eigenvalue weighted by molar-refractivity contribution is 8.13. The fourth-order valence-corrected chi connectivity index (χ4v) is 5.88. The fourth-order valence-electron chi connectivity index (χ4n) is 4.72. The summed E-state index contributed by atoms with van der Waals surface area (Å²) in [5.41, 5.74) is 0.787. The maximum absolute atomic E-state index is 15.1. The van der Waals surface area contributed by atoms with Gasteiger partial charge in [-0.25, -0.2) is 18.8 Å². The quantitative estimate of drug-likeness (QED) is 0.420. The minimum Gasteiger partial charge on any atom is -0.438 e. The summed E-state index contributed by atoms with van der Waals surface area (Å²) in [5, 5.41) is 3.20. The maximum Gasteiger partial charge on any atom is 0.257 e. The summed E-state index contributed by atoms with van der Waals surface area (Å²) in [6.45, 7) is 0.00707. The van der Waals surface area contributed by atoms with Crippen molar-refractivity contribution in [2.75, 3.05) is 12.4 Å². The number of halogens is 2. The summed E-state index contributed by atoms with van der Waals surface area (Å²) in [4.78, 5) is 26.2. The van der Waals surface area contributed by atoms with Crippen molar-refractivity contribution in [3.05, 3.63) is 95.6 Å². The predicted octanol–water partition coefficient (Wildman–Crippen LogP) is 5.01. The van der Waals surface area contributed by atoms with Crippen LogP contribution in [0.4, 0.5) is 8.78 Å². The summed E-state index contributed by atoms with van der Waals surface area (Å²) >= 11 is 1.38. The van der Waals surface area contributed by atoms with Crippen molar-refractivity contribution in [1.82, 2.24) is 15.3 Å². The second-order valence-electron chi connectivity index (χ2n) is 8.72. The fraction of sp³-hybridized carbons (Fsp3) is 0.231. The van der Waals surface area contributed by atoms with Crippen LogP contribution in [0, 0.1) is 17.6 Å². The molecule has 0 unspecified atom stereocenters. The van der Waals surface area contributed by atoms with Crippen molar-refractivity contribution in [3.8, 4) is 0 Å². The lowest BCUT2D eigenvalue weighted by molar-refractivity contribution is -0.0692. The summed E-state index contributed by atoms with van der Waals surface area (Å²) in [6, 6.07) is 14.0. The molecule has 4 heterocycles. The molecular weight excluding hydrogens is 486 g/mol. The Kier molecular flexibility index (Phi) is 5.77. The Labute approximate surface area is 209 Å². The Morgan fingerprint density at radius 2 is 2.00 bits per heavy atom. The Morgan fingerprint density at radius 3 is 2.81 bits per heavy atom. The van der Waals surface area contributed by atoms with E-state index in [-0.39, 0.29) is 24.0 Å². The third kappa shape index (κ3) is 4.06. The average molecular weight is 507 g/mol. The number of pyridine rings is 1. The molecule has 36 heavy (non-hydrogen) atoms. The molecule has 182 valence electrons. The van der Waals surface area contributed by atoms with Gasteiger partial charge in [-0.2, -0.15) is 0 Å². The van der Waals surface area contributed by atoms with Crippen molar-refractivity contribution >= 4 is 33.9 Å². The predicted molar refractivity (Wildman–Crippen MR) is 130 cm³/mol. The molecule has 6 rings (SSSR count). The molecule has 7 nitrogen and oxygen atoms in total. The molecule has 10 heteroatoms. The number of oxazole rings is 1. The molecule has 0 bridgehead atoms. The van der Waals surface area contributed by atoms with E-state index in [9.17, 15) is 9.18 Å². The first-order chi connectivity index (χ1) is 17.5. The zero-order valence-corrected chi connectivity index (χ0v) is 19.7. The Bertz CT molecular complexity index is 1450. The first-order valence-corrected chi connectivity index (χ1v) is 12.4. The number of hydrogen-bond acceptors (Lipinski definition) is 7. The molecule has 0 radical (unpaired) electrons. The van der Waals surface area contributed by atoms with Gasteiger partial charge in [0.15, 0.2) is 10.8 Å². The number of nitrogens with one attached hydrogen (secondary N) is 1. The van der Waals surface area contributed by atoms with E-state index in [1.807, 2.05) is 6.07 Å². The standard InChI is InChI=1S/C26H20F2N4O3S/c27-17-6-7-18(19(28)11-17)26-14-34-22(24-30-20-12-29-9-8-21(20)35-24)10-16(26)13-36-25(32-26)31-23(33)15-4-2-1-3-5-15/h1-9,11-12,16,22H,10,13-14H2,(H,31,32,33)/t16-,22+,26-/m0/s1. The molecule has 2 aromatic heterocycles. The van der Waals surface area contributed by atoms with E-state index in [2.05, 4.69) is 15.3 Å². The smallest absolute Gasteiger partial charge is 0.257 e. The molecule has 1 N–H and O–H groups in total. The van der Waals surface area contributed by atoms with Crippen molar-refractivity contribution in [2.24, 2.45) is 10.9 Å². The van der Waals surface area contributed by atoms with Crippen LogP contribution in [-0.4, -0.2) is 33.4 Å². The number of rotatable bonds is 3. The van der Waals surface area contributed by atoms with Crippen LogP contribution in [0.5, 0.6) is 0 Å². The van der Waals surface area contributed by atoms with Crippen LogP contribution in [0.25, 0.3) is 11.1 Å². The maximum atomic E-state index is 15.1. The van der Waals surface area contributed by atoms with Crippen LogP contribution in [0.15, 0.2) is 76.4 Å². The van der Waals surface area contributed by atoms with Crippen LogP contribution < -0.4 is 5.32 Å². The Hall–Kier alpha value is -3.63. The van der Waals surface area contributed by atoms with Crippen molar-refractivity contribution < 1.29 is 22.7 Å². The van der Waals surface area contributed by atoms with Crippen LogP contribution >= 0.6 is 11.8 Å². The summed E-state index contributed by atoms with van der Waals surface area (Å²) in [5.74, 6) is -0.934. The van der Waals surface area contributed by atoms with Crippen molar-refractivity contribution in [2.45, 2.75) is 18.1 Å². The molecule has 1 saturated heterocycles. The van der Waals surface area contributed by atoms with Gasteiger partial charge in [-0.3, -0.25) is 9.78 Å². The van der Waals surface area contributed by atoms with E-state index in [1.165, 1.54) is 23.9 Å². The number of fused-ring (bicyclic) bond motifs is 2. The van der Waals surface area contributed by atoms with Gasteiger partial charge in [0.1, 0.15) is 28.8 Å². The molecule has 1 fully saturated rings. The van der Waals surface area contributed by atoms with E-state index in [0.717, 1.165) is 6.07 Å². The number of carbonyl (C=O) groups is 1. The number of aliphatic imine (C=N–C) groups is 1. The van der Waals surface area contributed by atoms with Gasteiger partial charge >= 0.3 is 0 Å². The minimum absolute atomic E-state index is 0.00707. The number of nitrogens with zero attached hydrogens (tertiary/aromatic N) is 3. The molecule has 2 aliphatic heterocycles. The number of amidine groups is 1. The molecule has 1 amide bonds. The summed E-state index contributed by atoms with van der Waals surface area (Å²) in [7, 11) is 0. The van der Waals surface area contributed by atoms with Crippen LogP contribution in [-0.2, 0) is 10.3 Å². The van der Waals surface area contributed by atoms with Gasteiger partial charge in [-0.05, 0) is 24.6 Å². The topological polar surface area (TPSA) is 89.6 Å². The van der Waals surface area contributed by atoms with Gasteiger partial charge in [0.25, 0.3) is 5.91 Å². The van der Waals surface area contributed by atoms with Crippen molar-refractivity contribution in [1.29, 1.82) is 0 Å². The number of aromatic nitrogens is 2. The van der Waals surface area contributed by atoms with Gasteiger partial charge in [-0.1, -0.05) is 36.0 Å². The van der Waals surface area contributed by atoms with E-state index < -0.39 is 23.3 Å². The summed E-state index contributed by atoms with van der Waals surface area (Å²) in [6.07, 6.45) is 3.23. The van der Waals surface area contributed by atoms with E-state index in [1.54, 1.807) is 42.7 Å². The molecule has 3 atom stereocenters. The van der Waals surface area contributed by atoms with Gasteiger partial charge in [0.05, 0.1) is 12.8 Å². The zero-order valence-electron chi connectivity index (χ0n) is 18.9. The number of ether oxygens (including phenoxy) is 1. The van der Waals surface area contributed by atoms with Crippen LogP contribution in [0.2, 0.25) is 0 Å². The molecule has 0 aliphatic carbocycles. The number of carbonyl (C=O) groups excluding carboxylic acids is 1. The van der Waals surface area contributed by atoms with E-state index >= 15 is 4.39 Å². The minimum atomic E-state index is -1.15. The number of hydrogen-bond donors (Lipinski definition) is 1. The highest BCUT2D eigenvalue weighted by Gasteiger charge is 2.51. The number of benzene rings is 2. The molecule has 0 spiro atoms. The summed E-state index contributed by atoms with van der Waals surface area (Å²) < 4.78 is 40.9. The molecule has 0 saturated carbocycles. The molecule has 4 aromatic rings. The molecule has 2 aromatic carbocycles. The first-order valence-electron chi connectivity index (χ1n) is 11.4. The highest BCUT2D eigenvalue weighted by Crippen LogP contribution is 2.50. The number of amides is 1. The lowest BCUT2D eigenvalue weighted by atomic mass is 9.75. The van der Waals surface area contributed by atoms with Gasteiger partial charge in [0, 0.05) is 41.1 Å². The largest absolute Gasteiger partial charge is 0.438 e. The van der Waals surface area contributed by atoms with E-state index in [4.69, 9.17) is 14.1 Å². The van der Waals surface area contributed by atoms with Gasteiger partial charge in [0.2, 0.25) is 5.89 Å². The zero-order chi connectivity index (χ0) is 24.7. The van der Waals surface area contributed by atoms with Gasteiger partial charge in [-0.15, -0.1) is 0 Å². The normalized spacial score (nSPS) is 23.7. The monoisotopic (exact) mass is 506 g/mol. The molecule has 2 aliphatic rings. The van der Waals surface area contributed by atoms with Crippen LogP contribution in [0.1, 0.15) is 34.3 Å². The van der Waals surface area contributed by atoms with Crippen molar-refractivity contribution in [3.63, 3.8) is 0 Å². The molecular formula is C26H20F2N4O3S. The average Bonchev–Trinajstić information content (AvgIpc) is 3.33. The van der Waals surface area contributed by atoms with Gasteiger partial charge < -0.3 is 14.5 Å². The lowest BCUT2D eigenvalue weighted by Crippen LogP contribution is -2.49.